The Morgan fingerprint density at radius 3 is 2.48 bits per heavy atom. The number of ether oxygens (including phenoxy) is 1. The van der Waals surface area contributed by atoms with Crippen LogP contribution in [-0.4, -0.2) is 50.6 Å². The molecule has 2 aromatic rings. The molecule has 1 saturated heterocycles. The fourth-order valence-corrected chi connectivity index (χ4v) is 3.25. The lowest BCUT2D eigenvalue weighted by Gasteiger charge is -2.36. The number of anilines is 2. The first-order valence-electron chi connectivity index (χ1n) is 8.32. The van der Waals surface area contributed by atoms with Gasteiger partial charge in [0.2, 0.25) is 5.91 Å². The van der Waals surface area contributed by atoms with E-state index in [9.17, 15) is 4.79 Å². The minimum Gasteiger partial charge on any atom is -0.495 e. The van der Waals surface area contributed by atoms with Crippen molar-refractivity contribution in [2.45, 2.75) is 0 Å². The van der Waals surface area contributed by atoms with Gasteiger partial charge in [-0.05, 0) is 24.3 Å². The van der Waals surface area contributed by atoms with Crippen LogP contribution >= 0.6 is 11.6 Å². The fraction of sp³-hybridized carbons (Fsp3) is 0.316. The van der Waals surface area contributed by atoms with E-state index in [1.807, 2.05) is 48.5 Å². The second kappa shape index (κ2) is 8.23. The van der Waals surface area contributed by atoms with E-state index in [0.717, 1.165) is 36.9 Å². The lowest BCUT2D eigenvalue weighted by molar-refractivity contribution is -0.117. The topological polar surface area (TPSA) is 44.8 Å². The number of benzene rings is 2. The number of carbonyl (C=O) groups excluding carboxylic acids is 1. The number of methoxy groups -OCH3 is 1. The lowest BCUT2D eigenvalue weighted by atomic mass is 10.2. The van der Waals surface area contributed by atoms with Crippen molar-refractivity contribution in [3.8, 4) is 5.75 Å². The fourth-order valence-electron chi connectivity index (χ4n) is 3.00. The number of piperazine rings is 1. The molecule has 0 saturated carbocycles. The highest BCUT2D eigenvalue weighted by atomic mass is 35.5. The number of hydrogen-bond acceptors (Lipinski definition) is 4. The molecule has 3 rings (SSSR count). The molecule has 1 aliphatic rings. The van der Waals surface area contributed by atoms with Crippen LogP contribution in [0.1, 0.15) is 0 Å². The first-order valence-corrected chi connectivity index (χ1v) is 8.70. The van der Waals surface area contributed by atoms with Crippen LogP contribution in [-0.2, 0) is 4.79 Å². The smallest absolute Gasteiger partial charge is 0.238 e. The van der Waals surface area contributed by atoms with E-state index in [1.165, 1.54) is 0 Å². The van der Waals surface area contributed by atoms with E-state index in [0.29, 0.717) is 18.0 Å². The quantitative estimate of drug-likeness (QED) is 0.891. The van der Waals surface area contributed by atoms with Crippen molar-refractivity contribution in [1.82, 2.24) is 4.90 Å². The molecule has 1 amide bonds. The van der Waals surface area contributed by atoms with Crippen LogP contribution in [0, 0.1) is 0 Å². The van der Waals surface area contributed by atoms with Crippen molar-refractivity contribution < 1.29 is 9.53 Å². The Morgan fingerprint density at radius 2 is 1.76 bits per heavy atom. The van der Waals surface area contributed by atoms with Gasteiger partial charge < -0.3 is 15.0 Å². The summed E-state index contributed by atoms with van der Waals surface area (Å²) in [5, 5.41) is 3.69. The SMILES string of the molecule is COc1ccccc1NC(=O)CN1CCN(c2ccccc2Cl)CC1. The van der Waals surface area contributed by atoms with Gasteiger partial charge in [-0.25, -0.2) is 0 Å². The summed E-state index contributed by atoms with van der Waals surface area (Å²) in [6.07, 6.45) is 0. The number of nitrogens with zero attached hydrogens (tertiary/aromatic N) is 2. The van der Waals surface area contributed by atoms with Crippen molar-refractivity contribution in [2.75, 3.05) is 50.1 Å². The maximum Gasteiger partial charge on any atom is 0.238 e. The predicted molar refractivity (Wildman–Crippen MR) is 102 cm³/mol. The second-order valence-corrected chi connectivity index (χ2v) is 6.37. The molecule has 2 aromatic carbocycles. The van der Waals surface area contributed by atoms with Crippen LogP contribution < -0.4 is 15.0 Å². The van der Waals surface area contributed by atoms with Crippen LogP contribution in [0.5, 0.6) is 5.75 Å². The first kappa shape index (κ1) is 17.6. The predicted octanol–water partition coefficient (Wildman–Crippen LogP) is 3.11. The van der Waals surface area contributed by atoms with Crippen LogP contribution in [0.2, 0.25) is 5.02 Å². The Kier molecular flexibility index (Phi) is 5.79. The first-order chi connectivity index (χ1) is 12.2. The number of nitrogens with one attached hydrogen (secondary N) is 1. The van der Waals surface area contributed by atoms with Crippen molar-refractivity contribution in [2.24, 2.45) is 0 Å². The highest BCUT2D eigenvalue weighted by Crippen LogP contribution is 2.26. The molecule has 0 unspecified atom stereocenters. The zero-order valence-electron chi connectivity index (χ0n) is 14.2. The minimum absolute atomic E-state index is 0.0318. The Morgan fingerprint density at radius 1 is 1.08 bits per heavy atom. The van der Waals surface area contributed by atoms with Crippen LogP contribution in [0.3, 0.4) is 0 Å². The van der Waals surface area contributed by atoms with E-state index in [2.05, 4.69) is 15.1 Å². The molecule has 0 atom stereocenters. The molecule has 0 spiro atoms. The molecule has 5 nitrogen and oxygen atoms in total. The summed E-state index contributed by atoms with van der Waals surface area (Å²) < 4.78 is 5.26. The molecule has 1 heterocycles. The molecule has 25 heavy (non-hydrogen) atoms. The maximum atomic E-state index is 12.3. The lowest BCUT2D eigenvalue weighted by Crippen LogP contribution is -2.48. The molecule has 132 valence electrons. The van der Waals surface area contributed by atoms with Gasteiger partial charge in [-0.3, -0.25) is 9.69 Å². The highest BCUT2D eigenvalue weighted by molar-refractivity contribution is 6.33. The molecule has 0 aromatic heterocycles. The Bertz CT molecular complexity index is 730. The molecule has 1 aliphatic heterocycles. The van der Waals surface area contributed by atoms with Gasteiger partial charge in [0, 0.05) is 26.2 Å². The summed E-state index contributed by atoms with van der Waals surface area (Å²) in [7, 11) is 1.60. The van der Waals surface area contributed by atoms with Crippen LogP contribution in [0.25, 0.3) is 0 Å². The molecule has 0 bridgehead atoms. The normalized spacial score (nSPS) is 15.0. The summed E-state index contributed by atoms with van der Waals surface area (Å²) in [6, 6.07) is 15.3. The summed E-state index contributed by atoms with van der Waals surface area (Å²) in [6.45, 7) is 3.72. The third-order valence-corrected chi connectivity index (χ3v) is 4.63. The van der Waals surface area contributed by atoms with Crippen molar-refractivity contribution in [1.29, 1.82) is 0 Å². The summed E-state index contributed by atoms with van der Waals surface area (Å²) >= 11 is 6.27. The summed E-state index contributed by atoms with van der Waals surface area (Å²) in [5.74, 6) is 0.634. The van der Waals surface area contributed by atoms with Gasteiger partial charge in [-0.1, -0.05) is 35.9 Å². The molecule has 1 fully saturated rings. The highest BCUT2D eigenvalue weighted by Gasteiger charge is 2.20. The molecule has 0 radical (unpaired) electrons. The van der Waals surface area contributed by atoms with Gasteiger partial charge >= 0.3 is 0 Å². The molecule has 0 aliphatic carbocycles. The zero-order valence-corrected chi connectivity index (χ0v) is 15.0. The summed E-state index contributed by atoms with van der Waals surface area (Å²) in [4.78, 5) is 16.7. The van der Waals surface area contributed by atoms with Crippen LogP contribution in [0.15, 0.2) is 48.5 Å². The Balaban J connectivity index is 1.52. The third kappa shape index (κ3) is 4.44. The zero-order chi connectivity index (χ0) is 17.6. The number of carbonyl (C=O) groups is 1. The third-order valence-electron chi connectivity index (χ3n) is 4.31. The van der Waals surface area contributed by atoms with Crippen LogP contribution in [0.4, 0.5) is 11.4 Å². The van der Waals surface area contributed by atoms with E-state index in [4.69, 9.17) is 16.3 Å². The van der Waals surface area contributed by atoms with E-state index in [-0.39, 0.29) is 5.91 Å². The second-order valence-electron chi connectivity index (χ2n) is 5.96. The van der Waals surface area contributed by atoms with Gasteiger partial charge in [0.1, 0.15) is 5.75 Å². The van der Waals surface area contributed by atoms with E-state index < -0.39 is 0 Å². The average molecular weight is 360 g/mol. The van der Waals surface area contributed by atoms with Crippen molar-refractivity contribution in [3.05, 3.63) is 53.6 Å². The maximum absolute atomic E-state index is 12.3. The van der Waals surface area contributed by atoms with Gasteiger partial charge in [0.25, 0.3) is 0 Å². The molecule has 1 N–H and O–H groups in total. The standard InChI is InChI=1S/C19H22ClN3O2/c1-25-18-9-5-3-7-16(18)21-19(24)14-22-10-12-23(13-11-22)17-8-4-2-6-15(17)20/h2-9H,10-14H2,1H3,(H,21,24). The monoisotopic (exact) mass is 359 g/mol. The van der Waals surface area contributed by atoms with Gasteiger partial charge in [0.05, 0.1) is 30.1 Å². The molecular formula is C19H22ClN3O2. The van der Waals surface area contributed by atoms with Gasteiger partial charge in [-0.15, -0.1) is 0 Å². The number of hydrogen-bond donors (Lipinski definition) is 1. The van der Waals surface area contributed by atoms with Crippen molar-refractivity contribution >= 4 is 28.9 Å². The largest absolute Gasteiger partial charge is 0.495 e. The molecular weight excluding hydrogens is 338 g/mol. The summed E-state index contributed by atoms with van der Waals surface area (Å²) in [5.41, 5.74) is 1.76. The van der Waals surface area contributed by atoms with Gasteiger partial charge in [-0.2, -0.15) is 0 Å². The van der Waals surface area contributed by atoms with Crippen molar-refractivity contribution in [3.63, 3.8) is 0 Å². The average Bonchev–Trinajstić information content (AvgIpc) is 2.63. The van der Waals surface area contributed by atoms with Gasteiger partial charge in [0.15, 0.2) is 0 Å². The number of rotatable bonds is 5. The minimum atomic E-state index is -0.0318. The number of amides is 1. The van der Waals surface area contributed by atoms with E-state index >= 15 is 0 Å². The number of para-hydroxylation sites is 3. The van der Waals surface area contributed by atoms with E-state index in [1.54, 1.807) is 7.11 Å². The Hall–Kier alpha value is -2.24. The number of halogens is 1. The Labute approximate surface area is 153 Å². The molecule has 6 heteroatoms.